The monoisotopic (exact) mass is 316 g/mol. The van der Waals surface area contributed by atoms with Gasteiger partial charge in [0, 0.05) is 18.4 Å². The van der Waals surface area contributed by atoms with Gasteiger partial charge in [0.2, 0.25) is 5.91 Å². The number of carbonyl (C=O) groups is 1. The number of halogens is 1. The Morgan fingerprint density at radius 3 is 2.87 bits per heavy atom. The Labute approximate surface area is 100 Å². The molecular formula is C10H9IN2O2. The van der Waals surface area contributed by atoms with Crippen molar-refractivity contribution >= 4 is 39.4 Å². The number of fused-ring (bicyclic) bond motifs is 1. The molecule has 0 atom stereocenters. The van der Waals surface area contributed by atoms with Crippen molar-refractivity contribution < 1.29 is 9.53 Å². The summed E-state index contributed by atoms with van der Waals surface area (Å²) in [5.41, 5.74) is 0.784. The number of benzene rings is 1. The Morgan fingerprint density at radius 1 is 1.53 bits per heavy atom. The van der Waals surface area contributed by atoms with E-state index in [0.717, 1.165) is 20.4 Å². The molecule has 5 heteroatoms. The average molecular weight is 316 g/mol. The predicted molar refractivity (Wildman–Crippen MR) is 65.3 cm³/mol. The van der Waals surface area contributed by atoms with Crippen LogP contribution in [0.3, 0.4) is 0 Å². The molecule has 1 aromatic carbocycles. The highest BCUT2D eigenvalue weighted by Crippen LogP contribution is 2.24. The summed E-state index contributed by atoms with van der Waals surface area (Å²) >= 11 is 2.11. The highest BCUT2D eigenvalue weighted by Gasteiger charge is 2.11. The zero-order valence-electron chi connectivity index (χ0n) is 8.32. The van der Waals surface area contributed by atoms with E-state index in [0.29, 0.717) is 0 Å². The molecule has 2 rings (SSSR count). The lowest BCUT2D eigenvalue weighted by Crippen LogP contribution is -2.07. The largest absolute Gasteiger partial charge is 0.497 e. The Kier molecular flexibility index (Phi) is 2.64. The molecule has 15 heavy (non-hydrogen) atoms. The van der Waals surface area contributed by atoms with Crippen molar-refractivity contribution in [3.63, 3.8) is 0 Å². The van der Waals surface area contributed by atoms with Crippen molar-refractivity contribution in [1.29, 1.82) is 0 Å². The van der Waals surface area contributed by atoms with Gasteiger partial charge in [0.1, 0.15) is 9.45 Å². The van der Waals surface area contributed by atoms with E-state index in [2.05, 4.69) is 27.7 Å². The molecular weight excluding hydrogens is 307 g/mol. The standard InChI is InChI=1S/C10H9IN2O2/c1-6(14)13-9-5-7(15-2)3-4-8(9)10(11)12-13/h3-5H,1-2H3. The zero-order chi connectivity index (χ0) is 11.0. The highest BCUT2D eigenvalue weighted by atomic mass is 127. The summed E-state index contributed by atoms with van der Waals surface area (Å²) in [5.74, 6) is 0.623. The fourth-order valence-electron chi connectivity index (χ4n) is 1.42. The number of methoxy groups -OCH3 is 1. The molecule has 0 spiro atoms. The Balaban J connectivity index is 2.77. The third-order valence-corrected chi connectivity index (χ3v) is 2.94. The van der Waals surface area contributed by atoms with Crippen molar-refractivity contribution in [1.82, 2.24) is 9.78 Å². The molecule has 0 bridgehead atoms. The second kappa shape index (κ2) is 3.80. The van der Waals surface area contributed by atoms with Crippen LogP contribution in [0, 0.1) is 3.70 Å². The van der Waals surface area contributed by atoms with Crippen LogP contribution in [0.4, 0.5) is 0 Å². The first-order chi connectivity index (χ1) is 7.13. The number of rotatable bonds is 1. The predicted octanol–water partition coefficient (Wildman–Crippen LogP) is 2.31. The van der Waals surface area contributed by atoms with Gasteiger partial charge in [-0.3, -0.25) is 4.79 Å². The molecule has 0 radical (unpaired) electrons. The molecule has 0 aliphatic heterocycles. The SMILES string of the molecule is COc1ccc2c(I)nn(C(C)=O)c2c1. The number of hydrogen-bond acceptors (Lipinski definition) is 3. The third kappa shape index (κ3) is 1.71. The number of nitrogens with zero attached hydrogens (tertiary/aromatic N) is 2. The molecule has 0 aliphatic rings. The fraction of sp³-hybridized carbons (Fsp3) is 0.200. The van der Waals surface area contributed by atoms with Crippen LogP contribution >= 0.6 is 22.6 Å². The molecule has 0 fully saturated rings. The lowest BCUT2D eigenvalue weighted by Gasteiger charge is -2.00. The van der Waals surface area contributed by atoms with Crippen LogP contribution in [0.15, 0.2) is 18.2 Å². The van der Waals surface area contributed by atoms with Gasteiger partial charge in [0.15, 0.2) is 0 Å². The number of aromatic nitrogens is 2. The molecule has 0 saturated carbocycles. The summed E-state index contributed by atoms with van der Waals surface area (Å²) in [6, 6.07) is 5.57. The summed E-state index contributed by atoms with van der Waals surface area (Å²) in [7, 11) is 1.60. The molecule has 1 aromatic heterocycles. The van der Waals surface area contributed by atoms with Crippen LogP contribution in [-0.2, 0) is 0 Å². The molecule has 78 valence electrons. The third-order valence-electron chi connectivity index (χ3n) is 2.14. The van der Waals surface area contributed by atoms with E-state index in [1.807, 2.05) is 18.2 Å². The van der Waals surface area contributed by atoms with E-state index in [1.165, 1.54) is 11.6 Å². The summed E-state index contributed by atoms with van der Waals surface area (Å²) in [5, 5.41) is 5.13. The van der Waals surface area contributed by atoms with E-state index in [-0.39, 0.29) is 5.91 Å². The second-order valence-electron chi connectivity index (χ2n) is 3.10. The first-order valence-electron chi connectivity index (χ1n) is 4.36. The zero-order valence-corrected chi connectivity index (χ0v) is 10.5. The number of ether oxygens (including phenoxy) is 1. The summed E-state index contributed by atoms with van der Waals surface area (Å²) in [4.78, 5) is 11.3. The maximum atomic E-state index is 11.3. The molecule has 0 N–H and O–H groups in total. The summed E-state index contributed by atoms with van der Waals surface area (Å²) in [6.07, 6.45) is 0. The average Bonchev–Trinajstić information content (AvgIpc) is 2.56. The van der Waals surface area contributed by atoms with Gasteiger partial charge in [-0.15, -0.1) is 0 Å². The lowest BCUT2D eigenvalue weighted by atomic mass is 10.2. The molecule has 0 saturated heterocycles. The fourth-order valence-corrected chi connectivity index (χ4v) is 2.10. The van der Waals surface area contributed by atoms with Gasteiger partial charge in [-0.2, -0.15) is 9.78 Å². The quantitative estimate of drug-likeness (QED) is 0.759. The van der Waals surface area contributed by atoms with Gasteiger partial charge >= 0.3 is 0 Å². The Bertz CT molecular complexity index is 533. The molecule has 0 amide bonds. The van der Waals surface area contributed by atoms with Gasteiger partial charge in [-0.05, 0) is 34.7 Å². The highest BCUT2D eigenvalue weighted by molar-refractivity contribution is 14.1. The van der Waals surface area contributed by atoms with Crippen LogP contribution in [0.2, 0.25) is 0 Å². The first-order valence-corrected chi connectivity index (χ1v) is 5.44. The van der Waals surface area contributed by atoms with Gasteiger partial charge in [0.25, 0.3) is 0 Å². The molecule has 1 heterocycles. The maximum Gasteiger partial charge on any atom is 0.244 e. The topological polar surface area (TPSA) is 44.1 Å². The molecule has 4 nitrogen and oxygen atoms in total. The Morgan fingerprint density at radius 2 is 2.27 bits per heavy atom. The van der Waals surface area contributed by atoms with Crippen LogP contribution in [0.25, 0.3) is 10.9 Å². The van der Waals surface area contributed by atoms with Crippen molar-refractivity contribution in [3.8, 4) is 5.75 Å². The van der Waals surface area contributed by atoms with Crippen molar-refractivity contribution in [2.45, 2.75) is 6.92 Å². The van der Waals surface area contributed by atoms with E-state index >= 15 is 0 Å². The molecule has 0 aliphatic carbocycles. The minimum Gasteiger partial charge on any atom is -0.497 e. The van der Waals surface area contributed by atoms with E-state index < -0.39 is 0 Å². The van der Waals surface area contributed by atoms with Crippen LogP contribution in [0.1, 0.15) is 11.7 Å². The van der Waals surface area contributed by atoms with Crippen LogP contribution in [0.5, 0.6) is 5.75 Å². The lowest BCUT2D eigenvalue weighted by molar-refractivity contribution is 0.0926. The molecule has 2 aromatic rings. The van der Waals surface area contributed by atoms with Gasteiger partial charge in [-0.1, -0.05) is 0 Å². The van der Waals surface area contributed by atoms with Gasteiger partial charge < -0.3 is 4.74 Å². The van der Waals surface area contributed by atoms with Crippen molar-refractivity contribution in [2.75, 3.05) is 7.11 Å². The van der Waals surface area contributed by atoms with Gasteiger partial charge in [-0.25, -0.2) is 0 Å². The normalized spacial score (nSPS) is 10.6. The number of hydrogen-bond donors (Lipinski definition) is 0. The minimum absolute atomic E-state index is 0.101. The van der Waals surface area contributed by atoms with E-state index in [1.54, 1.807) is 7.11 Å². The van der Waals surface area contributed by atoms with Crippen molar-refractivity contribution in [2.24, 2.45) is 0 Å². The van der Waals surface area contributed by atoms with Crippen molar-refractivity contribution in [3.05, 3.63) is 21.9 Å². The summed E-state index contributed by atoms with van der Waals surface area (Å²) in [6.45, 7) is 1.49. The molecule has 0 unspecified atom stereocenters. The second-order valence-corrected chi connectivity index (χ2v) is 4.13. The number of carbonyl (C=O) groups excluding carboxylic acids is 1. The minimum atomic E-state index is -0.101. The van der Waals surface area contributed by atoms with E-state index in [9.17, 15) is 4.79 Å². The smallest absolute Gasteiger partial charge is 0.244 e. The summed E-state index contributed by atoms with van der Waals surface area (Å²) < 4.78 is 7.32. The van der Waals surface area contributed by atoms with E-state index in [4.69, 9.17) is 4.74 Å². The Hall–Kier alpha value is -1.11. The van der Waals surface area contributed by atoms with Crippen LogP contribution < -0.4 is 4.74 Å². The first kappa shape index (κ1) is 10.4. The van der Waals surface area contributed by atoms with Gasteiger partial charge in [0.05, 0.1) is 12.6 Å². The van der Waals surface area contributed by atoms with Crippen LogP contribution in [-0.4, -0.2) is 22.8 Å². The maximum absolute atomic E-state index is 11.3.